The smallest absolute Gasteiger partial charge is 0.407 e. The summed E-state index contributed by atoms with van der Waals surface area (Å²) in [6, 6.07) is 9.57. The summed E-state index contributed by atoms with van der Waals surface area (Å²) in [6.45, 7) is 1.91. The average Bonchev–Trinajstić information content (AvgIpc) is 2.71. The number of carbonyl (C=O) groups is 2. The molecule has 3 rings (SSSR count). The van der Waals surface area contributed by atoms with Crippen LogP contribution in [0.2, 0.25) is 0 Å². The molecule has 2 amide bonds. The molecule has 0 radical (unpaired) electrons. The van der Waals surface area contributed by atoms with E-state index in [0.717, 1.165) is 18.4 Å². The van der Waals surface area contributed by atoms with E-state index in [1.54, 1.807) is 24.4 Å². The van der Waals surface area contributed by atoms with Gasteiger partial charge in [-0.1, -0.05) is 12.1 Å². The molecule has 1 aromatic heterocycles. The molecule has 1 aromatic carbocycles. The van der Waals surface area contributed by atoms with Crippen LogP contribution in [0.4, 0.5) is 15.0 Å². The molecule has 1 aliphatic heterocycles. The number of nitrogens with one attached hydrogen (secondary N) is 2. The third-order valence-electron chi connectivity index (χ3n) is 4.82. The number of aromatic nitrogens is 1. The molecule has 148 valence electrons. The Balaban J connectivity index is 1.49. The normalized spacial score (nSPS) is 14.5. The van der Waals surface area contributed by atoms with Crippen molar-refractivity contribution in [2.24, 2.45) is 5.92 Å². The van der Waals surface area contributed by atoms with Gasteiger partial charge in [0.25, 0.3) is 5.91 Å². The van der Waals surface area contributed by atoms with Gasteiger partial charge >= 0.3 is 6.09 Å². The van der Waals surface area contributed by atoms with E-state index in [1.807, 2.05) is 6.07 Å². The lowest BCUT2D eigenvalue weighted by Crippen LogP contribution is -2.40. The van der Waals surface area contributed by atoms with E-state index in [4.69, 9.17) is 5.11 Å². The SMILES string of the molecule is O=C(NCC1CCN(C(=O)O)CC1)c1ccnc(NCc2cccc(F)c2)c1. The fourth-order valence-electron chi connectivity index (χ4n) is 3.18. The Morgan fingerprint density at radius 3 is 2.71 bits per heavy atom. The molecule has 0 atom stereocenters. The van der Waals surface area contributed by atoms with Crippen molar-refractivity contribution in [1.82, 2.24) is 15.2 Å². The van der Waals surface area contributed by atoms with Gasteiger partial charge in [0, 0.05) is 37.9 Å². The first-order valence-electron chi connectivity index (χ1n) is 9.21. The maximum Gasteiger partial charge on any atom is 0.407 e. The lowest BCUT2D eigenvalue weighted by molar-refractivity contribution is 0.0928. The summed E-state index contributed by atoms with van der Waals surface area (Å²) in [6.07, 6.45) is 2.14. The zero-order valence-electron chi connectivity index (χ0n) is 15.4. The Kier molecular flexibility index (Phi) is 6.41. The van der Waals surface area contributed by atoms with Gasteiger partial charge in [-0.3, -0.25) is 4.79 Å². The van der Waals surface area contributed by atoms with Crippen LogP contribution in [0.5, 0.6) is 0 Å². The zero-order chi connectivity index (χ0) is 19.9. The second-order valence-electron chi connectivity index (χ2n) is 6.84. The van der Waals surface area contributed by atoms with Crippen molar-refractivity contribution in [3.63, 3.8) is 0 Å². The van der Waals surface area contributed by atoms with E-state index < -0.39 is 6.09 Å². The molecule has 28 heavy (non-hydrogen) atoms. The summed E-state index contributed by atoms with van der Waals surface area (Å²) in [4.78, 5) is 28.9. The predicted octanol–water partition coefficient (Wildman–Crippen LogP) is 2.95. The summed E-state index contributed by atoms with van der Waals surface area (Å²) in [5.74, 6) is 0.310. The topological polar surface area (TPSA) is 94.6 Å². The summed E-state index contributed by atoms with van der Waals surface area (Å²) in [5, 5.41) is 15.0. The van der Waals surface area contributed by atoms with Crippen LogP contribution in [0, 0.1) is 11.7 Å². The van der Waals surface area contributed by atoms with E-state index in [9.17, 15) is 14.0 Å². The number of amides is 2. The monoisotopic (exact) mass is 386 g/mol. The van der Waals surface area contributed by atoms with Crippen molar-refractivity contribution < 1.29 is 19.1 Å². The van der Waals surface area contributed by atoms with E-state index >= 15 is 0 Å². The highest BCUT2D eigenvalue weighted by Crippen LogP contribution is 2.17. The van der Waals surface area contributed by atoms with Gasteiger partial charge in [0.15, 0.2) is 0 Å². The molecule has 0 unspecified atom stereocenters. The largest absolute Gasteiger partial charge is 0.465 e. The van der Waals surface area contributed by atoms with Gasteiger partial charge in [0.05, 0.1) is 0 Å². The molecule has 7 nitrogen and oxygen atoms in total. The Morgan fingerprint density at radius 1 is 1.21 bits per heavy atom. The van der Waals surface area contributed by atoms with Crippen LogP contribution in [-0.2, 0) is 6.54 Å². The van der Waals surface area contributed by atoms with Crippen molar-refractivity contribution in [1.29, 1.82) is 0 Å². The van der Waals surface area contributed by atoms with Gasteiger partial charge in [-0.15, -0.1) is 0 Å². The third kappa shape index (κ3) is 5.42. The van der Waals surface area contributed by atoms with Gasteiger partial charge in [0.2, 0.25) is 0 Å². The number of hydrogen-bond acceptors (Lipinski definition) is 4. The number of likely N-dealkylation sites (tertiary alicyclic amines) is 1. The number of hydrogen-bond donors (Lipinski definition) is 3. The van der Waals surface area contributed by atoms with Gasteiger partial charge in [-0.25, -0.2) is 14.2 Å². The van der Waals surface area contributed by atoms with Crippen LogP contribution >= 0.6 is 0 Å². The minimum Gasteiger partial charge on any atom is -0.465 e. The molecule has 2 aromatic rings. The quantitative estimate of drug-likeness (QED) is 0.710. The number of benzene rings is 1. The van der Waals surface area contributed by atoms with Crippen molar-refractivity contribution in [2.75, 3.05) is 25.0 Å². The number of nitrogens with zero attached hydrogens (tertiary/aromatic N) is 2. The summed E-state index contributed by atoms with van der Waals surface area (Å²) in [7, 11) is 0. The molecule has 8 heteroatoms. The number of pyridine rings is 1. The van der Waals surface area contributed by atoms with Gasteiger partial charge < -0.3 is 20.6 Å². The number of carbonyl (C=O) groups excluding carboxylic acids is 1. The summed E-state index contributed by atoms with van der Waals surface area (Å²) >= 11 is 0. The Labute approximate surface area is 162 Å². The fourth-order valence-corrected chi connectivity index (χ4v) is 3.18. The van der Waals surface area contributed by atoms with Crippen molar-refractivity contribution >= 4 is 17.8 Å². The summed E-state index contributed by atoms with van der Waals surface area (Å²) < 4.78 is 13.2. The molecule has 0 spiro atoms. The van der Waals surface area contributed by atoms with E-state index in [1.165, 1.54) is 17.0 Å². The Bertz CT molecular complexity index is 838. The molecule has 2 heterocycles. The number of halogens is 1. The molecule has 1 saturated heterocycles. The maximum atomic E-state index is 13.2. The summed E-state index contributed by atoms with van der Waals surface area (Å²) in [5.41, 5.74) is 1.27. The second-order valence-corrected chi connectivity index (χ2v) is 6.84. The molecule has 3 N–H and O–H groups in total. The second kappa shape index (κ2) is 9.16. The van der Waals surface area contributed by atoms with Crippen LogP contribution in [0.3, 0.4) is 0 Å². The average molecular weight is 386 g/mol. The minimum atomic E-state index is -0.891. The Hall–Kier alpha value is -3.16. The highest BCUT2D eigenvalue weighted by atomic mass is 19.1. The first kappa shape index (κ1) is 19.6. The predicted molar refractivity (Wildman–Crippen MR) is 103 cm³/mol. The molecule has 0 saturated carbocycles. The van der Waals surface area contributed by atoms with E-state index in [2.05, 4.69) is 15.6 Å². The first-order valence-corrected chi connectivity index (χ1v) is 9.21. The maximum absolute atomic E-state index is 13.2. The molecule has 1 fully saturated rings. The van der Waals surface area contributed by atoms with Crippen LogP contribution in [-0.4, -0.2) is 46.6 Å². The lowest BCUT2D eigenvalue weighted by atomic mass is 9.97. The van der Waals surface area contributed by atoms with Crippen molar-refractivity contribution in [2.45, 2.75) is 19.4 Å². The lowest BCUT2D eigenvalue weighted by Gasteiger charge is -2.29. The van der Waals surface area contributed by atoms with Crippen LogP contribution < -0.4 is 10.6 Å². The molecular weight excluding hydrogens is 363 g/mol. The van der Waals surface area contributed by atoms with E-state index in [-0.39, 0.29) is 17.6 Å². The number of carboxylic acid groups (broad SMARTS) is 1. The van der Waals surface area contributed by atoms with Gasteiger partial charge in [0.1, 0.15) is 11.6 Å². The third-order valence-corrected chi connectivity index (χ3v) is 4.82. The minimum absolute atomic E-state index is 0.197. The van der Waals surface area contributed by atoms with Crippen LogP contribution in [0.15, 0.2) is 42.6 Å². The molecular formula is C20H23FN4O3. The Morgan fingerprint density at radius 2 is 2.00 bits per heavy atom. The number of piperidine rings is 1. The zero-order valence-corrected chi connectivity index (χ0v) is 15.4. The van der Waals surface area contributed by atoms with Crippen molar-refractivity contribution in [3.05, 3.63) is 59.5 Å². The highest BCUT2D eigenvalue weighted by Gasteiger charge is 2.22. The van der Waals surface area contributed by atoms with Crippen LogP contribution in [0.1, 0.15) is 28.8 Å². The number of anilines is 1. The highest BCUT2D eigenvalue weighted by molar-refractivity contribution is 5.94. The van der Waals surface area contributed by atoms with Gasteiger partial charge in [-0.2, -0.15) is 0 Å². The molecule has 1 aliphatic rings. The standard InChI is InChI=1S/C20H23FN4O3/c21-17-3-1-2-15(10-17)13-23-18-11-16(4-7-22-18)19(26)24-12-14-5-8-25(9-6-14)20(27)28/h1-4,7,10-11,14H,5-6,8-9,12-13H2,(H,22,23)(H,24,26)(H,27,28). The first-order chi connectivity index (χ1) is 13.5. The fraction of sp³-hybridized carbons (Fsp3) is 0.350. The van der Waals surface area contributed by atoms with Crippen LogP contribution in [0.25, 0.3) is 0 Å². The van der Waals surface area contributed by atoms with Gasteiger partial charge in [-0.05, 0) is 48.6 Å². The van der Waals surface area contributed by atoms with E-state index in [0.29, 0.717) is 37.6 Å². The van der Waals surface area contributed by atoms with Crippen molar-refractivity contribution in [3.8, 4) is 0 Å². The molecule has 0 aliphatic carbocycles. The molecule has 0 bridgehead atoms. The number of rotatable bonds is 6.